The minimum absolute atomic E-state index is 0.00840. The number of hydrogen-bond acceptors (Lipinski definition) is 3. The summed E-state index contributed by atoms with van der Waals surface area (Å²) >= 11 is 3.30. The van der Waals surface area contributed by atoms with Crippen LogP contribution in [0.5, 0.6) is 0 Å². The molecule has 0 spiro atoms. The van der Waals surface area contributed by atoms with Crippen molar-refractivity contribution in [1.82, 2.24) is 4.98 Å². The Kier molecular flexibility index (Phi) is 4.97. The lowest BCUT2D eigenvalue weighted by Crippen LogP contribution is -2.16. The maximum absolute atomic E-state index is 12.9. The van der Waals surface area contributed by atoms with E-state index < -0.39 is 23.6 Å². The molecule has 0 aliphatic heterocycles. The fourth-order valence-corrected chi connectivity index (χ4v) is 2.93. The smallest absolute Gasteiger partial charge is 0.416 e. The van der Waals surface area contributed by atoms with Crippen LogP contribution in [0.1, 0.15) is 26.4 Å². The highest BCUT2D eigenvalue weighted by Gasteiger charge is 2.31. The summed E-state index contributed by atoms with van der Waals surface area (Å²) in [6, 6.07) is 9.11. The van der Waals surface area contributed by atoms with Crippen LogP contribution in [0.4, 0.5) is 18.9 Å². The number of benzene rings is 2. The van der Waals surface area contributed by atoms with Crippen LogP contribution in [0.15, 0.2) is 46.9 Å². The third kappa shape index (κ3) is 3.82. The number of aromatic nitrogens is 1. The van der Waals surface area contributed by atoms with Crippen molar-refractivity contribution in [3.63, 3.8) is 0 Å². The highest BCUT2D eigenvalue weighted by molar-refractivity contribution is 9.10. The molecule has 0 saturated carbocycles. The van der Waals surface area contributed by atoms with E-state index >= 15 is 0 Å². The van der Waals surface area contributed by atoms with Crippen molar-refractivity contribution >= 4 is 44.4 Å². The normalized spacial score (nSPS) is 11.4. The maximum atomic E-state index is 12.9. The molecule has 140 valence electrons. The Labute approximate surface area is 159 Å². The summed E-state index contributed by atoms with van der Waals surface area (Å²) < 4.78 is 44.0. The first-order valence-corrected chi connectivity index (χ1v) is 8.38. The van der Waals surface area contributed by atoms with Gasteiger partial charge < -0.3 is 15.0 Å². The van der Waals surface area contributed by atoms with Gasteiger partial charge in [-0.2, -0.15) is 13.2 Å². The second-order valence-electron chi connectivity index (χ2n) is 5.59. The molecule has 0 aliphatic carbocycles. The zero-order valence-electron chi connectivity index (χ0n) is 13.8. The molecule has 5 nitrogen and oxygen atoms in total. The van der Waals surface area contributed by atoms with Gasteiger partial charge in [0.05, 0.1) is 18.4 Å². The van der Waals surface area contributed by atoms with Crippen molar-refractivity contribution in [2.75, 3.05) is 12.4 Å². The minimum atomic E-state index is -4.57. The Morgan fingerprint density at radius 1 is 1.15 bits per heavy atom. The Hall–Kier alpha value is -2.81. The molecule has 3 rings (SSSR count). The molecule has 0 atom stereocenters. The fraction of sp³-hybridized carbons (Fsp3) is 0.111. The molecule has 1 aromatic heterocycles. The molecular formula is C18H12BrF3N2O3. The van der Waals surface area contributed by atoms with Crippen LogP contribution < -0.4 is 5.32 Å². The number of anilines is 1. The summed E-state index contributed by atoms with van der Waals surface area (Å²) in [5, 5.41) is 3.02. The molecule has 0 unspecified atom stereocenters. The average Bonchev–Trinajstić information content (AvgIpc) is 2.98. The summed E-state index contributed by atoms with van der Waals surface area (Å²) in [6.07, 6.45) is -4.57. The molecule has 0 radical (unpaired) electrons. The molecule has 1 heterocycles. The molecule has 0 aliphatic rings. The predicted octanol–water partition coefficient (Wildman–Crippen LogP) is 4.99. The lowest BCUT2D eigenvalue weighted by molar-refractivity contribution is -0.137. The van der Waals surface area contributed by atoms with Gasteiger partial charge in [0.1, 0.15) is 5.69 Å². The van der Waals surface area contributed by atoms with Crippen molar-refractivity contribution in [2.24, 2.45) is 0 Å². The monoisotopic (exact) mass is 440 g/mol. The molecule has 0 fully saturated rings. The molecule has 27 heavy (non-hydrogen) atoms. The minimum Gasteiger partial charge on any atom is -0.464 e. The number of alkyl halides is 3. The van der Waals surface area contributed by atoms with Crippen molar-refractivity contribution in [3.05, 3.63) is 63.8 Å². The van der Waals surface area contributed by atoms with Crippen molar-refractivity contribution in [1.29, 1.82) is 0 Å². The number of methoxy groups -OCH3 is 1. The molecule has 3 aromatic rings. The molecular weight excluding hydrogens is 429 g/mol. The van der Waals surface area contributed by atoms with E-state index in [-0.39, 0.29) is 16.9 Å². The molecule has 9 heteroatoms. The van der Waals surface area contributed by atoms with Gasteiger partial charge in [-0.1, -0.05) is 22.0 Å². The number of aromatic amines is 1. The molecule has 2 N–H and O–H groups in total. The van der Waals surface area contributed by atoms with E-state index in [1.54, 1.807) is 18.2 Å². The molecule has 2 aromatic carbocycles. The van der Waals surface area contributed by atoms with Crippen LogP contribution >= 0.6 is 15.9 Å². The Morgan fingerprint density at radius 3 is 2.56 bits per heavy atom. The third-order valence-corrected chi connectivity index (χ3v) is 4.33. The summed E-state index contributed by atoms with van der Waals surface area (Å²) in [5.41, 5.74) is -0.459. The topological polar surface area (TPSA) is 71.2 Å². The number of fused-ring (bicyclic) bond motifs is 1. The zero-order chi connectivity index (χ0) is 19.8. The molecule has 0 saturated heterocycles. The number of esters is 1. The number of H-pyrrole nitrogens is 1. The van der Waals surface area contributed by atoms with E-state index in [0.717, 1.165) is 18.2 Å². The van der Waals surface area contributed by atoms with E-state index in [2.05, 4.69) is 26.2 Å². The highest BCUT2D eigenvalue weighted by Crippen LogP contribution is 2.32. The lowest BCUT2D eigenvalue weighted by Gasteiger charge is -2.10. The summed E-state index contributed by atoms with van der Waals surface area (Å²) in [5.74, 6) is -1.51. The van der Waals surface area contributed by atoms with Gasteiger partial charge in [-0.05, 0) is 36.4 Å². The fourth-order valence-electron chi connectivity index (χ4n) is 2.57. The largest absolute Gasteiger partial charge is 0.464 e. The van der Waals surface area contributed by atoms with Crippen LogP contribution in [0.3, 0.4) is 0 Å². The second-order valence-corrected chi connectivity index (χ2v) is 6.50. The number of ether oxygens (including phenoxy) is 1. The SMILES string of the molecule is COC(=O)c1[nH]c2ccc(Br)cc2c1NC(=O)c1cccc(C(F)(F)F)c1. The van der Waals surface area contributed by atoms with Crippen LogP contribution in [0.2, 0.25) is 0 Å². The standard InChI is InChI=1S/C18H12BrF3N2O3/c1-27-17(26)15-14(12-8-11(19)5-6-13(12)23-15)24-16(25)9-3-2-4-10(7-9)18(20,21)22/h2-8,23H,1H3,(H,24,25). The van der Waals surface area contributed by atoms with Gasteiger partial charge >= 0.3 is 12.1 Å². The zero-order valence-corrected chi connectivity index (χ0v) is 15.4. The first-order valence-electron chi connectivity index (χ1n) is 7.59. The quantitative estimate of drug-likeness (QED) is 0.563. The third-order valence-electron chi connectivity index (χ3n) is 3.84. The highest BCUT2D eigenvalue weighted by atomic mass is 79.9. The van der Waals surface area contributed by atoms with E-state index in [1.807, 2.05) is 0 Å². The maximum Gasteiger partial charge on any atom is 0.416 e. The predicted molar refractivity (Wildman–Crippen MR) is 96.7 cm³/mol. The summed E-state index contributed by atoms with van der Waals surface area (Å²) in [6.45, 7) is 0. The van der Waals surface area contributed by atoms with E-state index in [0.29, 0.717) is 15.4 Å². The molecule has 1 amide bonds. The number of halogens is 4. The van der Waals surface area contributed by atoms with Gasteiger partial charge in [-0.3, -0.25) is 4.79 Å². The van der Waals surface area contributed by atoms with Gasteiger partial charge in [0.15, 0.2) is 0 Å². The number of amides is 1. The van der Waals surface area contributed by atoms with Gasteiger partial charge in [0.25, 0.3) is 5.91 Å². The van der Waals surface area contributed by atoms with Crippen LogP contribution in [-0.4, -0.2) is 24.0 Å². The van der Waals surface area contributed by atoms with E-state index in [1.165, 1.54) is 13.2 Å². The Morgan fingerprint density at radius 2 is 1.89 bits per heavy atom. The summed E-state index contributed by atoms with van der Waals surface area (Å²) in [7, 11) is 1.18. The Bertz CT molecular complexity index is 1040. The Balaban J connectivity index is 2.04. The number of hydrogen-bond donors (Lipinski definition) is 2. The first-order chi connectivity index (χ1) is 12.7. The number of nitrogens with one attached hydrogen (secondary N) is 2. The molecule has 0 bridgehead atoms. The summed E-state index contributed by atoms with van der Waals surface area (Å²) in [4.78, 5) is 27.4. The van der Waals surface area contributed by atoms with Crippen molar-refractivity contribution in [3.8, 4) is 0 Å². The number of carbonyl (C=O) groups excluding carboxylic acids is 2. The lowest BCUT2D eigenvalue weighted by atomic mass is 10.1. The van der Waals surface area contributed by atoms with Gasteiger partial charge in [0.2, 0.25) is 0 Å². The van der Waals surface area contributed by atoms with Crippen LogP contribution in [0.25, 0.3) is 10.9 Å². The number of rotatable bonds is 3. The van der Waals surface area contributed by atoms with Crippen LogP contribution in [-0.2, 0) is 10.9 Å². The van der Waals surface area contributed by atoms with E-state index in [4.69, 9.17) is 4.74 Å². The van der Waals surface area contributed by atoms with Crippen molar-refractivity contribution in [2.45, 2.75) is 6.18 Å². The van der Waals surface area contributed by atoms with E-state index in [9.17, 15) is 22.8 Å². The van der Waals surface area contributed by atoms with Gasteiger partial charge in [0, 0.05) is 20.9 Å². The van der Waals surface area contributed by atoms with Crippen molar-refractivity contribution < 1.29 is 27.5 Å². The number of carbonyl (C=O) groups is 2. The second kappa shape index (κ2) is 7.07. The van der Waals surface area contributed by atoms with Crippen LogP contribution in [0, 0.1) is 0 Å². The average molecular weight is 441 g/mol. The van der Waals surface area contributed by atoms with Gasteiger partial charge in [-0.15, -0.1) is 0 Å². The van der Waals surface area contributed by atoms with Gasteiger partial charge in [-0.25, -0.2) is 4.79 Å². The first kappa shape index (κ1) is 19.0.